The Morgan fingerprint density at radius 3 is 2.88 bits per heavy atom. The lowest BCUT2D eigenvalue weighted by Crippen LogP contribution is -2.08. The van der Waals surface area contributed by atoms with E-state index >= 15 is 0 Å². The summed E-state index contributed by atoms with van der Waals surface area (Å²) in [6, 6.07) is 2.69. The average molecular weight is 251 g/mol. The molecule has 0 aromatic carbocycles. The van der Waals surface area contributed by atoms with Crippen molar-refractivity contribution in [2.24, 2.45) is 5.73 Å². The highest BCUT2D eigenvalue weighted by Crippen LogP contribution is 2.33. The van der Waals surface area contributed by atoms with Crippen LogP contribution in [0.25, 0.3) is 0 Å². The molecule has 0 amide bonds. The van der Waals surface area contributed by atoms with E-state index in [1.165, 1.54) is 56.2 Å². The van der Waals surface area contributed by atoms with Crippen LogP contribution in [0.4, 0.5) is 0 Å². The SMILES string of the molecule is CCCCCC(N)c1cc2c(s1)CCCCC2. The zero-order chi connectivity index (χ0) is 12.1. The standard InChI is InChI=1S/C15H25NS/c1-2-3-5-9-13(16)15-11-12-8-6-4-7-10-14(12)17-15/h11,13H,2-10,16H2,1H3. The molecule has 1 atom stereocenters. The van der Waals surface area contributed by atoms with E-state index in [0.29, 0.717) is 6.04 Å². The summed E-state index contributed by atoms with van der Waals surface area (Å²) in [5, 5.41) is 0. The van der Waals surface area contributed by atoms with Gasteiger partial charge in [0.15, 0.2) is 0 Å². The quantitative estimate of drug-likeness (QED) is 0.601. The lowest BCUT2D eigenvalue weighted by molar-refractivity contribution is 0.587. The Kier molecular flexibility index (Phi) is 5.05. The minimum atomic E-state index is 0.290. The van der Waals surface area contributed by atoms with Crippen molar-refractivity contribution in [1.82, 2.24) is 0 Å². The molecule has 0 bridgehead atoms. The number of unbranched alkanes of at least 4 members (excludes halogenated alkanes) is 2. The summed E-state index contributed by atoms with van der Waals surface area (Å²) in [6.07, 6.45) is 11.8. The van der Waals surface area contributed by atoms with Gasteiger partial charge in [-0.1, -0.05) is 32.6 Å². The Morgan fingerprint density at radius 1 is 1.24 bits per heavy atom. The molecule has 1 heterocycles. The Bertz CT molecular complexity index is 319. The molecule has 2 rings (SSSR count). The van der Waals surface area contributed by atoms with E-state index in [1.807, 2.05) is 11.3 Å². The molecule has 0 spiro atoms. The molecule has 17 heavy (non-hydrogen) atoms. The molecule has 0 fully saturated rings. The van der Waals surface area contributed by atoms with Crippen LogP contribution in [0.2, 0.25) is 0 Å². The lowest BCUT2D eigenvalue weighted by atomic mass is 10.1. The maximum absolute atomic E-state index is 6.30. The predicted molar refractivity (Wildman–Crippen MR) is 76.6 cm³/mol. The second-order valence-corrected chi connectivity index (χ2v) is 6.43. The summed E-state index contributed by atoms with van der Waals surface area (Å²) in [5.74, 6) is 0. The van der Waals surface area contributed by atoms with Crippen molar-refractivity contribution in [2.75, 3.05) is 0 Å². The van der Waals surface area contributed by atoms with Gasteiger partial charge in [-0.15, -0.1) is 11.3 Å². The van der Waals surface area contributed by atoms with Crippen LogP contribution < -0.4 is 5.73 Å². The summed E-state index contributed by atoms with van der Waals surface area (Å²) in [6.45, 7) is 2.25. The molecule has 1 aromatic heterocycles. The summed E-state index contributed by atoms with van der Waals surface area (Å²) < 4.78 is 0. The summed E-state index contributed by atoms with van der Waals surface area (Å²) >= 11 is 1.99. The van der Waals surface area contributed by atoms with E-state index < -0.39 is 0 Å². The van der Waals surface area contributed by atoms with Crippen LogP contribution in [0.15, 0.2) is 6.07 Å². The fourth-order valence-electron chi connectivity index (χ4n) is 2.63. The van der Waals surface area contributed by atoms with Crippen LogP contribution in [0.3, 0.4) is 0 Å². The third-order valence-corrected chi connectivity index (χ3v) is 5.12. The Hall–Kier alpha value is -0.340. The highest BCUT2D eigenvalue weighted by atomic mass is 32.1. The number of aryl methyl sites for hydroxylation is 2. The number of hydrogen-bond donors (Lipinski definition) is 1. The van der Waals surface area contributed by atoms with Crippen LogP contribution in [0.5, 0.6) is 0 Å². The molecule has 1 unspecified atom stereocenters. The predicted octanol–water partition coefficient (Wildman–Crippen LogP) is 4.60. The molecular weight excluding hydrogens is 226 g/mol. The number of nitrogens with two attached hydrogens (primary N) is 1. The number of hydrogen-bond acceptors (Lipinski definition) is 2. The van der Waals surface area contributed by atoms with Crippen LogP contribution >= 0.6 is 11.3 Å². The van der Waals surface area contributed by atoms with Gasteiger partial charge >= 0.3 is 0 Å². The molecular formula is C15H25NS. The second kappa shape index (κ2) is 6.55. The largest absolute Gasteiger partial charge is 0.323 e. The van der Waals surface area contributed by atoms with Gasteiger partial charge in [-0.25, -0.2) is 0 Å². The fraction of sp³-hybridized carbons (Fsp3) is 0.733. The van der Waals surface area contributed by atoms with E-state index in [4.69, 9.17) is 5.73 Å². The minimum absolute atomic E-state index is 0.290. The van der Waals surface area contributed by atoms with Crippen molar-refractivity contribution in [2.45, 2.75) is 70.8 Å². The first-order chi connectivity index (χ1) is 8.31. The third kappa shape index (κ3) is 3.56. The molecule has 0 radical (unpaired) electrons. The topological polar surface area (TPSA) is 26.0 Å². The molecule has 0 saturated heterocycles. The molecule has 2 heteroatoms. The van der Waals surface area contributed by atoms with E-state index in [1.54, 1.807) is 10.4 Å². The number of thiophene rings is 1. The van der Waals surface area contributed by atoms with Gasteiger partial charge in [0.1, 0.15) is 0 Å². The lowest BCUT2D eigenvalue weighted by Gasteiger charge is -2.08. The Labute approximate surface area is 109 Å². The smallest absolute Gasteiger partial charge is 0.0389 e. The van der Waals surface area contributed by atoms with Crippen molar-refractivity contribution in [3.05, 3.63) is 21.4 Å². The molecule has 1 aliphatic rings. The maximum Gasteiger partial charge on any atom is 0.0389 e. The van der Waals surface area contributed by atoms with Crippen molar-refractivity contribution >= 4 is 11.3 Å². The van der Waals surface area contributed by atoms with Gasteiger partial charge in [-0.05, 0) is 43.7 Å². The van der Waals surface area contributed by atoms with Gasteiger partial charge in [0, 0.05) is 15.8 Å². The molecule has 1 aromatic rings. The molecule has 0 saturated carbocycles. The fourth-order valence-corrected chi connectivity index (χ4v) is 3.92. The van der Waals surface area contributed by atoms with E-state index in [0.717, 1.165) is 6.42 Å². The number of rotatable bonds is 5. The first kappa shape index (κ1) is 13.1. The summed E-state index contributed by atoms with van der Waals surface area (Å²) in [5.41, 5.74) is 7.90. The van der Waals surface area contributed by atoms with Gasteiger partial charge in [0.25, 0.3) is 0 Å². The molecule has 1 nitrogen and oxygen atoms in total. The van der Waals surface area contributed by atoms with Gasteiger partial charge in [0.05, 0.1) is 0 Å². The first-order valence-electron chi connectivity index (χ1n) is 7.18. The van der Waals surface area contributed by atoms with Crippen LogP contribution in [0, 0.1) is 0 Å². The second-order valence-electron chi connectivity index (χ2n) is 5.26. The van der Waals surface area contributed by atoms with Crippen LogP contribution in [-0.2, 0) is 12.8 Å². The highest BCUT2D eigenvalue weighted by molar-refractivity contribution is 7.12. The van der Waals surface area contributed by atoms with Gasteiger partial charge in [-0.3, -0.25) is 0 Å². The van der Waals surface area contributed by atoms with Gasteiger partial charge in [-0.2, -0.15) is 0 Å². The van der Waals surface area contributed by atoms with Gasteiger partial charge < -0.3 is 5.73 Å². The maximum atomic E-state index is 6.30. The monoisotopic (exact) mass is 251 g/mol. The van der Waals surface area contributed by atoms with Crippen molar-refractivity contribution in [3.63, 3.8) is 0 Å². The van der Waals surface area contributed by atoms with Crippen molar-refractivity contribution in [1.29, 1.82) is 0 Å². The molecule has 96 valence electrons. The van der Waals surface area contributed by atoms with Crippen molar-refractivity contribution in [3.8, 4) is 0 Å². The van der Waals surface area contributed by atoms with E-state index in [-0.39, 0.29) is 0 Å². The first-order valence-corrected chi connectivity index (χ1v) is 8.00. The highest BCUT2D eigenvalue weighted by Gasteiger charge is 2.15. The average Bonchev–Trinajstić information content (AvgIpc) is 2.61. The van der Waals surface area contributed by atoms with Crippen LogP contribution in [0.1, 0.15) is 73.2 Å². The van der Waals surface area contributed by atoms with Gasteiger partial charge in [0.2, 0.25) is 0 Å². The molecule has 1 aliphatic carbocycles. The minimum Gasteiger partial charge on any atom is -0.323 e. The zero-order valence-electron chi connectivity index (χ0n) is 11.0. The summed E-state index contributed by atoms with van der Waals surface area (Å²) in [4.78, 5) is 3.07. The van der Waals surface area contributed by atoms with E-state index in [2.05, 4.69) is 13.0 Å². The third-order valence-electron chi connectivity index (χ3n) is 3.75. The Balaban J connectivity index is 1.96. The van der Waals surface area contributed by atoms with Crippen molar-refractivity contribution < 1.29 is 0 Å². The summed E-state index contributed by atoms with van der Waals surface area (Å²) in [7, 11) is 0. The molecule has 0 aliphatic heterocycles. The number of fused-ring (bicyclic) bond motifs is 1. The Morgan fingerprint density at radius 2 is 2.06 bits per heavy atom. The van der Waals surface area contributed by atoms with E-state index in [9.17, 15) is 0 Å². The van der Waals surface area contributed by atoms with Crippen LogP contribution in [-0.4, -0.2) is 0 Å². The normalized spacial score (nSPS) is 17.5. The molecule has 2 N–H and O–H groups in total. The zero-order valence-corrected chi connectivity index (χ0v) is 11.8.